The van der Waals surface area contributed by atoms with Crippen molar-refractivity contribution in [1.29, 1.82) is 0 Å². The molecule has 0 fully saturated rings. The molecule has 0 N–H and O–H groups in total. The van der Waals surface area contributed by atoms with Gasteiger partial charge in [-0.3, -0.25) is 0 Å². The van der Waals surface area contributed by atoms with Gasteiger partial charge in [-0.1, -0.05) is 12.5 Å². The van der Waals surface area contributed by atoms with Crippen LogP contribution < -0.4 is 0 Å². The van der Waals surface area contributed by atoms with E-state index in [9.17, 15) is 13.2 Å². The minimum absolute atomic E-state index is 0.650. The van der Waals surface area contributed by atoms with E-state index in [-0.39, 0.29) is 0 Å². The van der Waals surface area contributed by atoms with Crippen molar-refractivity contribution < 1.29 is 13.2 Å². The lowest BCUT2D eigenvalue weighted by atomic mass is 10.1. The zero-order valence-electron chi connectivity index (χ0n) is 5.87. The third-order valence-corrected chi connectivity index (χ3v) is 1.30. The Morgan fingerprint density at radius 2 is 1.91 bits per heavy atom. The summed E-state index contributed by atoms with van der Waals surface area (Å²) in [7, 11) is 0. The van der Waals surface area contributed by atoms with Crippen LogP contribution in [0.25, 0.3) is 0 Å². The molecule has 1 aromatic rings. The first-order chi connectivity index (χ1) is 5.00. The topological polar surface area (TPSA) is 0 Å². The van der Waals surface area contributed by atoms with Gasteiger partial charge in [-0.2, -0.15) is 43.0 Å². The maximum absolute atomic E-state index is 11.9. The molecule has 0 aromatic heterocycles. The number of hydrogen-bond donors (Lipinski definition) is 0. The average molecular weight is 159 g/mol. The number of benzene rings is 1. The van der Waals surface area contributed by atoms with E-state index in [2.05, 4.69) is 6.07 Å². The molecular formula is C8H6F3-. The molecule has 11 heavy (non-hydrogen) atoms. The Hall–Kier alpha value is -0.990. The predicted octanol–water partition coefficient (Wildman–Crippen LogP) is 2.81. The first-order valence-electron chi connectivity index (χ1n) is 3.05. The van der Waals surface area contributed by atoms with Gasteiger partial charge in [-0.25, -0.2) is 0 Å². The Balaban J connectivity index is 2.99. The Morgan fingerprint density at radius 3 is 2.27 bits per heavy atom. The van der Waals surface area contributed by atoms with Crippen LogP contribution in [0.3, 0.4) is 0 Å². The lowest BCUT2D eigenvalue weighted by Gasteiger charge is -2.12. The molecule has 0 spiro atoms. The fourth-order valence-electron chi connectivity index (χ4n) is 0.679. The third kappa shape index (κ3) is 1.97. The molecule has 60 valence electrons. The molecule has 0 saturated heterocycles. The lowest BCUT2D eigenvalue weighted by Crippen LogP contribution is -2.03. The second-order valence-corrected chi connectivity index (χ2v) is 2.26. The highest BCUT2D eigenvalue weighted by atomic mass is 19.4. The number of rotatable bonds is 0. The van der Waals surface area contributed by atoms with E-state index in [0.717, 1.165) is 12.1 Å². The molecule has 1 rings (SSSR count). The molecule has 0 radical (unpaired) electrons. The smallest absolute Gasteiger partial charge is 0.180 e. The summed E-state index contributed by atoms with van der Waals surface area (Å²) in [6.45, 7) is 1.69. The van der Waals surface area contributed by atoms with Gasteiger partial charge >= 0.3 is 6.18 Å². The monoisotopic (exact) mass is 159 g/mol. The Morgan fingerprint density at radius 1 is 1.27 bits per heavy atom. The zero-order valence-corrected chi connectivity index (χ0v) is 5.87. The summed E-state index contributed by atoms with van der Waals surface area (Å²) in [5.41, 5.74) is 0.0566. The maximum atomic E-state index is 11.9. The standard InChI is InChI=1S/C8H6F3/c1-6-2-4-7(5-3-6)8(9,10)11/h2,4-5H,1H3/q-1. The van der Waals surface area contributed by atoms with E-state index in [0.29, 0.717) is 5.56 Å². The summed E-state index contributed by atoms with van der Waals surface area (Å²) in [5, 5.41) is 0. The summed E-state index contributed by atoms with van der Waals surface area (Å²) < 4.78 is 35.7. The average Bonchev–Trinajstić information content (AvgIpc) is 1.86. The van der Waals surface area contributed by atoms with Gasteiger partial charge in [-0.05, 0) is 0 Å². The van der Waals surface area contributed by atoms with E-state index in [1.54, 1.807) is 6.92 Å². The fourth-order valence-corrected chi connectivity index (χ4v) is 0.679. The van der Waals surface area contributed by atoms with Crippen LogP contribution in [0.5, 0.6) is 0 Å². The number of hydrogen-bond acceptors (Lipinski definition) is 0. The van der Waals surface area contributed by atoms with E-state index in [4.69, 9.17) is 0 Å². The van der Waals surface area contributed by atoms with Crippen LogP contribution in [-0.2, 0) is 6.18 Å². The number of aryl methyl sites for hydroxylation is 1. The van der Waals surface area contributed by atoms with Crippen molar-refractivity contribution in [3.8, 4) is 0 Å². The molecule has 0 heterocycles. The zero-order chi connectivity index (χ0) is 8.48. The predicted molar refractivity (Wildman–Crippen MR) is 35.0 cm³/mol. The largest absolute Gasteiger partial charge is 0.370 e. The normalized spacial score (nSPS) is 11.6. The molecule has 0 amide bonds. The maximum Gasteiger partial charge on any atom is 0.370 e. The summed E-state index contributed by atoms with van der Waals surface area (Å²) >= 11 is 0. The SMILES string of the molecule is Cc1[c-]cc(C(F)(F)F)cc1. The molecule has 0 aliphatic rings. The summed E-state index contributed by atoms with van der Waals surface area (Å²) in [6, 6.07) is 5.88. The molecule has 3 heteroatoms. The van der Waals surface area contributed by atoms with Crippen LogP contribution in [0.4, 0.5) is 13.2 Å². The molecule has 0 unspecified atom stereocenters. The highest BCUT2D eigenvalue weighted by molar-refractivity contribution is 5.22. The van der Waals surface area contributed by atoms with Gasteiger partial charge in [0, 0.05) is 0 Å². The van der Waals surface area contributed by atoms with Crippen molar-refractivity contribution in [1.82, 2.24) is 0 Å². The first-order valence-corrected chi connectivity index (χ1v) is 3.05. The van der Waals surface area contributed by atoms with Crippen LogP contribution in [0.1, 0.15) is 11.1 Å². The van der Waals surface area contributed by atoms with Gasteiger partial charge in [0.05, 0.1) is 0 Å². The second kappa shape index (κ2) is 2.57. The van der Waals surface area contributed by atoms with Crippen LogP contribution in [0.2, 0.25) is 0 Å². The Kier molecular flexibility index (Phi) is 1.89. The Labute approximate surface area is 62.7 Å². The first kappa shape index (κ1) is 8.11. The molecule has 1 aromatic carbocycles. The van der Waals surface area contributed by atoms with Crippen molar-refractivity contribution >= 4 is 0 Å². The second-order valence-electron chi connectivity index (χ2n) is 2.26. The summed E-state index contributed by atoms with van der Waals surface area (Å²) in [4.78, 5) is 0. The molecule has 0 nitrogen and oxygen atoms in total. The summed E-state index contributed by atoms with van der Waals surface area (Å²) in [6.07, 6.45) is -4.25. The van der Waals surface area contributed by atoms with Crippen LogP contribution in [0.15, 0.2) is 18.2 Å². The molecule has 0 aliphatic carbocycles. The van der Waals surface area contributed by atoms with Gasteiger partial charge in [0.2, 0.25) is 0 Å². The minimum atomic E-state index is -4.25. The third-order valence-electron chi connectivity index (χ3n) is 1.30. The highest BCUT2D eigenvalue weighted by Gasteiger charge is 2.23. The van der Waals surface area contributed by atoms with Crippen molar-refractivity contribution in [2.75, 3.05) is 0 Å². The van der Waals surface area contributed by atoms with Crippen molar-refractivity contribution in [2.24, 2.45) is 0 Å². The van der Waals surface area contributed by atoms with Crippen LogP contribution in [0, 0.1) is 13.0 Å². The van der Waals surface area contributed by atoms with Gasteiger partial charge in [0.1, 0.15) is 0 Å². The van der Waals surface area contributed by atoms with Gasteiger partial charge in [0.15, 0.2) is 0 Å². The van der Waals surface area contributed by atoms with E-state index in [1.165, 1.54) is 6.07 Å². The quantitative estimate of drug-likeness (QED) is 0.510. The lowest BCUT2D eigenvalue weighted by molar-refractivity contribution is -0.137. The molecule has 0 atom stereocenters. The minimum Gasteiger partial charge on any atom is -0.180 e. The van der Waals surface area contributed by atoms with Gasteiger partial charge < -0.3 is 0 Å². The Bertz CT molecular complexity index is 233. The molecular weight excluding hydrogens is 153 g/mol. The van der Waals surface area contributed by atoms with Crippen molar-refractivity contribution in [3.63, 3.8) is 0 Å². The highest BCUT2D eigenvalue weighted by Crippen LogP contribution is 2.28. The van der Waals surface area contributed by atoms with Crippen molar-refractivity contribution in [2.45, 2.75) is 13.1 Å². The molecule has 0 bridgehead atoms. The van der Waals surface area contributed by atoms with Crippen molar-refractivity contribution in [3.05, 3.63) is 35.4 Å². The van der Waals surface area contributed by atoms with Gasteiger partial charge in [0.25, 0.3) is 0 Å². The van der Waals surface area contributed by atoms with Crippen LogP contribution >= 0.6 is 0 Å². The molecule has 0 saturated carbocycles. The van der Waals surface area contributed by atoms with E-state index < -0.39 is 11.7 Å². The summed E-state index contributed by atoms with van der Waals surface area (Å²) in [5.74, 6) is 0. The number of alkyl halides is 3. The van der Waals surface area contributed by atoms with E-state index in [1.807, 2.05) is 0 Å². The van der Waals surface area contributed by atoms with Crippen LogP contribution in [-0.4, -0.2) is 0 Å². The number of halogens is 3. The van der Waals surface area contributed by atoms with E-state index >= 15 is 0 Å². The fraction of sp³-hybridized carbons (Fsp3) is 0.250. The molecule has 0 aliphatic heterocycles. The van der Waals surface area contributed by atoms with Gasteiger partial charge in [-0.15, -0.1) is 0 Å².